The van der Waals surface area contributed by atoms with Crippen molar-refractivity contribution in [3.05, 3.63) is 58.7 Å². The quantitative estimate of drug-likeness (QED) is 0.368. The monoisotopic (exact) mass is 474 g/mol. The molecule has 0 saturated carbocycles. The van der Waals surface area contributed by atoms with Gasteiger partial charge in [0.1, 0.15) is 17.2 Å². The average Bonchev–Trinajstić information content (AvgIpc) is 2.88. The van der Waals surface area contributed by atoms with E-state index in [1.54, 1.807) is 25.3 Å². The van der Waals surface area contributed by atoms with Crippen LogP contribution in [0, 0.1) is 0 Å². The van der Waals surface area contributed by atoms with Crippen LogP contribution >= 0.6 is 0 Å². The van der Waals surface area contributed by atoms with Crippen molar-refractivity contribution < 1.29 is 34.3 Å². The molecule has 7 nitrogen and oxygen atoms in total. The molecule has 3 N–H and O–H groups in total. The highest BCUT2D eigenvalue weighted by Gasteiger charge is 2.36. The van der Waals surface area contributed by atoms with Gasteiger partial charge in [-0.15, -0.1) is 0 Å². The van der Waals surface area contributed by atoms with Crippen molar-refractivity contribution in [2.45, 2.75) is 24.9 Å². The number of hydrogen-bond donors (Lipinski definition) is 3. The zero-order valence-electron chi connectivity index (χ0n) is 19.7. The van der Waals surface area contributed by atoms with E-state index in [4.69, 9.17) is 18.9 Å². The Bertz CT molecular complexity index is 1480. The van der Waals surface area contributed by atoms with Gasteiger partial charge in [0.2, 0.25) is 5.75 Å². The second-order valence-electron chi connectivity index (χ2n) is 9.07. The van der Waals surface area contributed by atoms with Crippen LogP contribution < -0.4 is 18.9 Å². The summed E-state index contributed by atoms with van der Waals surface area (Å²) in [6.07, 6.45) is 0.594. The number of methoxy groups -OCH3 is 3. The van der Waals surface area contributed by atoms with Gasteiger partial charge in [0, 0.05) is 33.9 Å². The fourth-order valence-corrected chi connectivity index (χ4v) is 5.77. The van der Waals surface area contributed by atoms with E-state index in [0.717, 1.165) is 50.2 Å². The summed E-state index contributed by atoms with van der Waals surface area (Å²) in [7, 11) is 4.57. The Balaban J connectivity index is 1.58. The van der Waals surface area contributed by atoms with Gasteiger partial charge in [-0.25, -0.2) is 0 Å². The van der Waals surface area contributed by atoms with Crippen molar-refractivity contribution in [2.24, 2.45) is 0 Å². The number of aliphatic hydroxyl groups is 1. The molecule has 0 radical (unpaired) electrons. The van der Waals surface area contributed by atoms with E-state index in [1.165, 1.54) is 14.2 Å². The summed E-state index contributed by atoms with van der Waals surface area (Å²) >= 11 is 0. The number of hydrogen-bond acceptors (Lipinski definition) is 7. The zero-order valence-corrected chi connectivity index (χ0v) is 19.7. The Morgan fingerprint density at radius 3 is 2.20 bits per heavy atom. The summed E-state index contributed by atoms with van der Waals surface area (Å²) in [4.78, 5) is 0. The predicted molar refractivity (Wildman–Crippen MR) is 131 cm³/mol. The highest BCUT2D eigenvalue weighted by atomic mass is 16.5. The van der Waals surface area contributed by atoms with Crippen LogP contribution in [0.4, 0.5) is 0 Å². The Morgan fingerprint density at radius 1 is 0.829 bits per heavy atom. The minimum atomic E-state index is -0.840. The zero-order chi connectivity index (χ0) is 24.4. The Morgan fingerprint density at radius 2 is 1.51 bits per heavy atom. The van der Waals surface area contributed by atoms with Gasteiger partial charge in [-0.3, -0.25) is 0 Å². The smallest absolute Gasteiger partial charge is 0.200 e. The first-order chi connectivity index (χ1) is 17.0. The van der Waals surface area contributed by atoms with Crippen LogP contribution in [0.5, 0.6) is 34.5 Å². The third-order valence-corrected chi connectivity index (χ3v) is 7.43. The molecule has 0 spiro atoms. The molecule has 0 amide bonds. The summed E-state index contributed by atoms with van der Waals surface area (Å²) in [6.45, 7) is 0.267. The number of ether oxygens (including phenoxy) is 4. The van der Waals surface area contributed by atoms with E-state index in [9.17, 15) is 15.3 Å². The summed E-state index contributed by atoms with van der Waals surface area (Å²) in [5.41, 5.74) is 3.60. The van der Waals surface area contributed by atoms with Crippen LogP contribution in [-0.2, 0) is 12.8 Å². The summed E-state index contributed by atoms with van der Waals surface area (Å²) in [6, 6.07) is 11.0. The van der Waals surface area contributed by atoms with Gasteiger partial charge in [-0.05, 0) is 52.9 Å². The Hall–Kier alpha value is -3.84. The number of aliphatic hydroxyl groups excluding tert-OH is 1. The predicted octanol–water partition coefficient (Wildman–Crippen LogP) is 4.74. The lowest BCUT2D eigenvalue weighted by Crippen LogP contribution is -2.26. The van der Waals surface area contributed by atoms with E-state index >= 15 is 0 Å². The number of phenols is 2. The number of phenolic OH excluding ortho intramolecular Hbond substituents is 2. The van der Waals surface area contributed by atoms with Crippen LogP contribution in [0.25, 0.3) is 21.5 Å². The molecule has 2 atom stereocenters. The van der Waals surface area contributed by atoms with Gasteiger partial charge in [0.15, 0.2) is 11.5 Å². The Labute approximate surface area is 202 Å². The minimum absolute atomic E-state index is 0.0841. The lowest BCUT2D eigenvalue weighted by atomic mass is 9.78. The fourth-order valence-electron chi connectivity index (χ4n) is 5.77. The summed E-state index contributed by atoms with van der Waals surface area (Å²) in [5.74, 6) is 1.59. The number of aryl methyl sites for hydroxylation is 2. The van der Waals surface area contributed by atoms with E-state index in [1.807, 2.05) is 18.2 Å². The molecule has 1 aliphatic carbocycles. The molecule has 180 valence electrons. The molecule has 4 aromatic carbocycles. The molecule has 0 fully saturated rings. The standard InChI is InChI=1S/C28H26O7/c1-32-20-11-19(29)15-5-4-13-8-21-26(17-7-6-16(20)25(15)24(13)17)27(30)18(12-35-21)14-9-22(33-2)28(31)23(10-14)34-3/h4-5,8-11,18,27,29-31H,6-7,12H2,1-3H3/t18-,27+/m1/s1. The number of rotatable bonds is 4. The maximum atomic E-state index is 11.7. The SMILES string of the molecule is COc1cc([C@H]2COc3cc4ccc5c(O)cc(OC)c6c5c4c(c3[C@H]2O)CC6)cc(OC)c1O. The van der Waals surface area contributed by atoms with Crippen molar-refractivity contribution in [2.75, 3.05) is 27.9 Å². The van der Waals surface area contributed by atoms with E-state index < -0.39 is 6.10 Å². The minimum Gasteiger partial charge on any atom is -0.507 e. The van der Waals surface area contributed by atoms with Crippen molar-refractivity contribution in [1.29, 1.82) is 0 Å². The summed E-state index contributed by atoms with van der Waals surface area (Å²) in [5, 5.41) is 36.5. The van der Waals surface area contributed by atoms with Crippen molar-refractivity contribution in [1.82, 2.24) is 0 Å². The van der Waals surface area contributed by atoms with Gasteiger partial charge < -0.3 is 34.3 Å². The maximum absolute atomic E-state index is 11.7. The molecule has 2 aliphatic rings. The van der Waals surface area contributed by atoms with Crippen LogP contribution in [-0.4, -0.2) is 43.3 Å². The molecule has 0 unspecified atom stereocenters. The molecule has 0 saturated heterocycles. The first-order valence-corrected chi connectivity index (χ1v) is 11.5. The Kier molecular flexibility index (Phi) is 4.86. The van der Waals surface area contributed by atoms with Gasteiger partial charge in [0.05, 0.1) is 34.0 Å². The molecule has 6 rings (SSSR count). The second-order valence-corrected chi connectivity index (χ2v) is 9.07. The molecule has 0 aromatic heterocycles. The van der Waals surface area contributed by atoms with Gasteiger partial charge >= 0.3 is 0 Å². The molecule has 1 aliphatic heterocycles. The van der Waals surface area contributed by atoms with E-state index in [2.05, 4.69) is 0 Å². The molecular weight excluding hydrogens is 448 g/mol. The third kappa shape index (κ3) is 3.01. The highest BCUT2D eigenvalue weighted by Crippen LogP contribution is 2.51. The van der Waals surface area contributed by atoms with E-state index in [-0.39, 0.29) is 35.5 Å². The topological polar surface area (TPSA) is 97.6 Å². The molecule has 7 heteroatoms. The average molecular weight is 475 g/mol. The van der Waals surface area contributed by atoms with E-state index in [0.29, 0.717) is 17.9 Å². The number of aromatic hydroxyl groups is 2. The van der Waals surface area contributed by atoms with Crippen LogP contribution in [0.1, 0.15) is 34.3 Å². The highest BCUT2D eigenvalue weighted by molar-refractivity contribution is 6.15. The van der Waals surface area contributed by atoms with Crippen molar-refractivity contribution >= 4 is 21.5 Å². The van der Waals surface area contributed by atoms with Gasteiger partial charge in [0.25, 0.3) is 0 Å². The van der Waals surface area contributed by atoms with Crippen molar-refractivity contribution in [3.8, 4) is 34.5 Å². The van der Waals surface area contributed by atoms with Crippen molar-refractivity contribution in [3.63, 3.8) is 0 Å². The lowest BCUT2D eigenvalue weighted by molar-refractivity contribution is 0.0880. The summed E-state index contributed by atoms with van der Waals surface area (Å²) < 4.78 is 22.5. The largest absolute Gasteiger partial charge is 0.507 e. The maximum Gasteiger partial charge on any atom is 0.200 e. The molecule has 0 bridgehead atoms. The fraction of sp³-hybridized carbons (Fsp3) is 0.286. The van der Waals surface area contributed by atoms with Crippen LogP contribution in [0.3, 0.4) is 0 Å². The molecule has 4 aromatic rings. The molecule has 1 heterocycles. The van der Waals surface area contributed by atoms with Crippen LogP contribution in [0.15, 0.2) is 36.4 Å². The first-order valence-electron chi connectivity index (χ1n) is 11.5. The van der Waals surface area contributed by atoms with Crippen LogP contribution in [0.2, 0.25) is 0 Å². The van der Waals surface area contributed by atoms with Gasteiger partial charge in [-0.1, -0.05) is 12.1 Å². The molecule has 35 heavy (non-hydrogen) atoms. The lowest BCUT2D eigenvalue weighted by Gasteiger charge is -2.34. The first kappa shape index (κ1) is 21.7. The molecular formula is C28H26O7. The second kappa shape index (κ2) is 7.85. The van der Waals surface area contributed by atoms with Gasteiger partial charge in [-0.2, -0.15) is 0 Å². The normalized spacial score (nSPS) is 18.4. The number of fused-ring (bicyclic) bond motifs is 2. The number of benzene rings is 4. The third-order valence-electron chi connectivity index (χ3n) is 7.43.